The molecule has 246 valence electrons. The minimum Gasteiger partial charge on any atom is -0.378 e. The van der Waals surface area contributed by atoms with Crippen LogP contribution in [-0.2, 0) is 12.7 Å². The number of alkyl halides is 3. The number of amides is 3. The highest BCUT2D eigenvalue weighted by atomic mass is 19.4. The maximum absolute atomic E-state index is 13.8. The number of carbonyl (C=O) groups excluding carboxylic acids is 2. The molecule has 0 spiro atoms. The van der Waals surface area contributed by atoms with E-state index in [0.29, 0.717) is 34.4 Å². The van der Waals surface area contributed by atoms with E-state index in [1.165, 1.54) is 26.8 Å². The number of hydrogen-bond donors (Lipinski definition) is 2. The number of carbonyl (C=O) groups is 2. The number of halogens is 3. The quantitative estimate of drug-likeness (QED) is 0.196. The van der Waals surface area contributed by atoms with Crippen molar-refractivity contribution in [1.82, 2.24) is 19.5 Å². The van der Waals surface area contributed by atoms with Crippen molar-refractivity contribution in [1.29, 1.82) is 0 Å². The van der Waals surface area contributed by atoms with Crippen LogP contribution in [0.4, 0.5) is 52.5 Å². The molecule has 5 aromatic rings. The van der Waals surface area contributed by atoms with Gasteiger partial charge in [-0.05, 0) is 67.9 Å². The lowest BCUT2D eigenvalue weighted by atomic mass is 10.1. The highest BCUT2D eigenvalue weighted by Gasteiger charge is 2.33. The molecule has 1 aliphatic heterocycles. The number of rotatable bonds is 7. The Morgan fingerprint density at radius 3 is 2.48 bits per heavy atom. The summed E-state index contributed by atoms with van der Waals surface area (Å²) in [7, 11) is 5.51. The van der Waals surface area contributed by atoms with Gasteiger partial charge in [-0.3, -0.25) is 14.6 Å². The summed E-state index contributed by atoms with van der Waals surface area (Å²) >= 11 is 0. The van der Waals surface area contributed by atoms with Crippen molar-refractivity contribution in [2.75, 3.05) is 46.5 Å². The van der Waals surface area contributed by atoms with Crippen molar-refractivity contribution in [2.45, 2.75) is 26.6 Å². The van der Waals surface area contributed by atoms with E-state index in [9.17, 15) is 22.8 Å². The summed E-state index contributed by atoms with van der Waals surface area (Å²) in [5, 5.41) is 5.89. The Bertz CT molecular complexity index is 2040. The number of nitrogens with zero attached hydrogens (tertiary/aromatic N) is 7. The highest BCUT2D eigenvalue weighted by Crippen LogP contribution is 2.35. The van der Waals surface area contributed by atoms with Crippen molar-refractivity contribution in [3.63, 3.8) is 0 Å². The Morgan fingerprint density at radius 1 is 0.979 bits per heavy atom. The van der Waals surface area contributed by atoms with Gasteiger partial charge in [-0.25, -0.2) is 14.8 Å². The smallest absolute Gasteiger partial charge is 0.378 e. The predicted octanol–water partition coefficient (Wildman–Crippen LogP) is 6.94. The SMILES string of the molecule is Cc1cn(-c2cc(C(=O)Nc3ccc(C)c(N4Cc5cnc(Nc6cccc(N(C)C)c6)nc5N(C)C4=O)c3)cc(C(F)(F)F)c2)cn1. The average molecular weight is 656 g/mol. The molecule has 0 atom stereocenters. The first-order chi connectivity index (χ1) is 22.8. The number of benzene rings is 3. The number of imidazole rings is 1. The van der Waals surface area contributed by atoms with Gasteiger partial charge in [-0.2, -0.15) is 18.2 Å². The Balaban J connectivity index is 1.25. The molecular formula is C34H32F3N9O2. The molecule has 2 N–H and O–H groups in total. The molecule has 0 radical (unpaired) electrons. The molecule has 11 nitrogen and oxygen atoms in total. The van der Waals surface area contributed by atoms with Crippen molar-refractivity contribution >= 4 is 46.5 Å². The minimum atomic E-state index is -4.67. The first-order valence-corrected chi connectivity index (χ1v) is 14.9. The van der Waals surface area contributed by atoms with E-state index < -0.39 is 17.6 Å². The van der Waals surface area contributed by atoms with Crippen LogP contribution in [0.15, 0.2) is 79.4 Å². The zero-order valence-electron chi connectivity index (χ0n) is 26.8. The predicted molar refractivity (Wildman–Crippen MR) is 179 cm³/mol. The van der Waals surface area contributed by atoms with E-state index in [2.05, 4.69) is 25.6 Å². The fourth-order valence-corrected chi connectivity index (χ4v) is 5.35. The van der Waals surface area contributed by atoms with Crippen LogP contribution in [0.25, 0.3) is 5.69 Å². The number of fused-ring (bicyclic) bond motifs is 1. The highest BCUT2D eigenvalue weighted by molar-refractivity contribution is 6.07. The second kappa shape index (κ2) is 12.4. The van der Waals surface area contributed by atoms with Crippen LogP contribution in [0.2, 0.25) is 0 Å². The first kappa shape index (κ1) is 32.0. The second-order valence-corrected chi connectivity index (χ2v) is 11.7. The van der Waals surface area contributed by atoms with Crippen molar-refractivity contribution in [3.8, 4) is 5.69 Å². The molecule has 3 amide bonds. The second-order valence-electron chi connectivity index (χ2n) is 11.7. The fraction of sp³-hybridized carbons (Fsp3) is 0.206. The lowest BCUT2D eigenvalue weighted by molar-refractivity contribution is -0.137. The van der Waals surface area contributed by atoms with Gasteiger partial charge >= 0.3 is 12.2 Å². The van der Waals surface area contributed by atoms with Crippen molar-refractivity contribution in [2.24, 2.45) is 0 Å². The summed E-state index contributed by atoms with van der Waals surface area (Å²) < 4.78 is 42.8. The Kier molecular flexibility index (Phi) is 8.25. The molecule has 14 heteroatoms. The Morgan fingerprint density at radius 2 is 1.77 bits per heavy atom. The van der Waals surface area contributed by atoms with Crippen LogP contribution in [0, 0.1) is 13.8 Å². The fourth-order valence-electron chi connectivity index (χ4n) is 5.35. The third-order valence-corrected chi connectivity index (χ3v) is 7.90. The molecule has 3 heterocycles. The summed E-state index contributed by atoms with van der Waals surface area (Å²) in [6.07, 6.45) is -0.0621. The van der Waals surface area contributed by atoms with E-state index in [1.807, 2.05) is 50.2 Å². The number of aryl methyl sites for hydroxylation is 2. The molecule has 48 heavy (non-hydrogen) atoms. The number of anilines is 6. The van der Waals surface area contributed by atoms with Crippen LogP contribution in [0.1, 0.15) is 32.7 Å². The summed E-state index contributed by atoms with van der Waals surface area (Å²) in [5.74, 6) is 0.0404. The van der Waals surface area contributed by atoms with Gasteiger partial charge in [-0.15, -0.1) is 0 Å². The molecule has 3 aromatic carbocycles. The largest absolute Gasteiger partial charge is 0.416 e. The molecule has 2 aromatic heterocycles. The molecule has 1 aliphatic rings. The van der Waals surface area contributed by atoms with Gasteiger partial charge in [0, 0.05) is 67.4 Å². The van der Waals surface area contributed by atoms with Crippen molar-refractivity contribution < 1.29 is 22.8 Å². The van der Waals surface area contributed by atoms with Gasteiger partial charge in [0.25, 0.3) is 5.91 Å². The zero-order chi connectivity index (χ0) is 34.3. The third-order valence-electron chi connectivity index (χ3n) is 7.90. The molecule has 0 aliphatic carbocycles. The first-order valence-electron chi connectivity index (χ1n) is 14.9. The van der Waals surface area contributed by atoms with Crippen LogP contribution >= 0.6 is 0 Å². The van der Waals surface area contributed by atoms with Gasteiger partial charge in [-0.1, -0.05) is 12.1 Å². The lowest BCUT2D eigenvalue weighted by Gasteiger charge is -2.35. The standard InChI is InChI=1S/C34H32F3N9O2/c1-20-9-10-26(40-31(47)22-11-24(34(35,36)37)13-28(12-22)45-17-21(2)39-19-45)15-29(20)46-18-23-16-38-32(42-30(23)44(5)33(46)48)41-25-7-6-8-27(14-25)43(3)4/h6-17,19H,18H2,1-5H3,(H,40,47)(H,38,41,42). The summed E-state index contributed by atoms with van der Waals surface area (Å²) in [6, 6.07) is 15.5. The zero-order valence-corrected chi connectivity index (χ0v) is 26.8. The Labute approximate surface area is 274 Å². The topological polar surface area (TPSA) is 112 Å². The van der Waals surface area contributed by atoms with Gasteiger partial charge < -0.3 is 20.1 Å². The lowest BCUT2D eigenvalue weighted by Crippen LogP contribution is -2.46. The monoisotopic (exact) mass is 655 g/mol. The molecular weight excluding hydrogens is 623 g/mol. The minimum absolute atomic E-state index is 0.142. The number of hydrogen-bond acceptors (Lipinski definition) is 7. The summed E-state index contributed by atoms with van der Waals surface area (Å²) in [5.41, 5.74) is 3.64. The normalized spacial score (nSPS) is 13.0. The van der Waals surface area contributed by atoms with Gasteiger partial charge in [0.2, 0.25) is 5.95 Å². The van der Waals surface area contributed by atoms with Gasteiger partial charge in [0.15, 0.2) is 0 Å². The molecule has 0 bridgehead atoms. The van der Waals surface area contributed by atoms with E-state index in [-0.39, 0.29) is 23.8 Å². The van der Waals surface area contributed by atoms with Crippen LogP contribution in [0.5, 0.6) is 0 Å². The van der Waals surface area contributed by atoms with Crippen molar-refractivity contribution in [3.05, 3.63) is 107 Å². The molecule has 0 unspecified atom stereocenters. The van der Waals surface area contributed by atoms with Crippen LogP contribution < -0.4 is 25.3 Å². The summed E-state index contributed by atoms with van der Waals surface area (Å²) in [6.45, 7) is 3.69. The maximum atomic E-state index is 13.8. The van der Waals surface area contributed by atoms with E-state index >= 15 is 0 Å². The average Bonchev–Trinajstić information content (AvgIpc) is 3.49. The van der Waals surface area contributed by atoms with Gasteiger partial charge in [0.1, 0.15) is 5.82 Å². The molecule has 0 fully saturated rings. The molecule has 0 saturated heterocycles. The number of urea groups is 1. The molecule has 6 rings (SSSR count). The van der Waals surface area contributed by atoms with E-state index in [1.54, 1.807) is 44.6 Å². The van der Waals surface area contributed by atoms with Crippen LogP contribution in [0.3, 0.4) is 0 Å². The summed E-state index contributed by atoms with van der Waals surface area (Å²) in [4.78, 5) is 45.1. The third kappa shape index (κ3) is 6.49. The number of nitrogens with one attached hydrogen (secondary N) is 2. The number of aromatic nitrogens is 4. The maximum Gasteiger partial charge on any atom is 0.416 e. The molecule has 0 saturated carbocycles. The van der Waals surface area contributed by atoms with E-state index in [4.69, 9.17) is 0 Å². The van der Waals surface area contributed by atoms with Crippen LogP contribution in [-0.4, -0.2) is 52.6 Å². The van der Waals surface area contributed by atoms with E-state index in [0.717, 1.165) is 29.1 Å². The Hall–Kier alpha value is -5.92. The van der Waals surface area contributed by atoms with Gasteiger partial charge in [0.05, 0.1) is 29.8 Å².